The van der Waals surface area contributed by atoms with Crippen molar-refractivity contribution in [2.45, 2.75) is 29.0 Å². The van der Waals surface area contributed by atoms with E-state index in [0.717, 1.165) is 17.9 Å². The highest BCUT2D eigenvalue weighted by molar-refractivity contribution is 8.77. The van der Waals surface area contributed by atoms with Crippen molar-refractivity contribution in [1.29, 1.82) is 0 Å². The number of nitrogens with zero attached hydrogens (tertiary/aromatic N) is 1. The lowest BCUT2D eigenvalue weighted by molar-refractivity contribution is 0.192. The van der Waals surface area contributed by atoms with Crippen molar-refractivity contribution >= 4 is 27.3 Å². The van der Waals surface area contributed by atoms with Crippen LogP contribution in [-0.4, -0.2) is 21.4 Å². The summed E-state index contributed by atoms with van der Waals surface area (Å²) >= 11 is 0. The molecule has 2 rings (SSSR count). The van der Waals surface area contributed by atoms with E-state index in [-0.39, 0.29) is 11.4 Å². The molecule has 0 amide bonds. The van der Waals surface area contributed by atoms with Gasteiger partial charge in [-0.2, -0.15) is 0 Å². The summed E-state index contributed by atoms with van der Waals surface area (Å²) in [5.41, 5.74) is 6.24. The molecule has 3 N–H and O–H groups in total. The molecule has 0 saturated heterocycles. The first-order valence-electron chi connectivity index (χ1n) is 4.92. The van der Waals surface area contributed by atoms with Crippen LogP contribution in [0.2, 0.25) is 0 Å². The molecule has 1 aromatic rings. The lowest BCUT2D eigenvalue weighted by Crippen LogP contribution is -2.36. The molecule has 0 aromatic carbocycles. The Morgan fingerprint density at radius 1 is 1.47 bits per heavy atom. The summed E-state index contributed by atoms with van der Waals surface area (Å²) in [5, 5.41) is 10.2. The Balaban J connectivity index is 1.90. The van der Waals surface area contributed by atoms with Crippen molar-refractivity contribution in [3.63, 3.8) is 0 Å². The van der Waals surface area contributed by atoms with E-state index in [1.807, 2.05) is 12.1 Å². The fourth-order valence-corrected chi connectivity index (χ4v) is 4.14. The van der Waals surface area contributed by atoms with Gasteiger partial charge in [0.05, 0.1) is 18.5 Å². The molecule has 0 bridgehead atoms. The Morgan fingerprint density at radius 2 is 2.27 bits per heavy atom. The SMILES string of the molecule is Nc1ccc(SSC2(CO)CCC2)nc1. The summed E-state index contributed by atoms with van der Waals surface area (Å²) in [5.74, 6) is 0. The number of nitrogens with two attached hydrogens (primary N) is 1. The van der Waals surface area contributed by atoms with E-state index in [9.17, 15) is 5.11 Å². The maximum absolute atomic E-state index is 9.28. The van der Waals surface area contributed by atoms with Crippen molar-refractivity contribution in [1.82, 2.24) is 4.98 Å². The first-order chi connectivity index (χ1) is 7.24. The van der Waals surface area contributed by atoms with Crippen LogP contribution in [0.4, 0.5) is 5.69 Å². The van der Waals surface area contributed by atoms with Crippen LogP contribution in [0.25, 0.3) is 0 Å². The van der Waals surface area contributed by atoms with Gasteiger partial charge in [-0.05, 0) is 35.8 Å². The molecule has 0 spiro atoms. The highest BCUT2D eigenvalue weighted by Crippen LogP contribution is 2.50. The molecule has 0 unspecified atom stereocenters. The van der Waals surface area contributed by atoms with Crippen molar-refractivity contribution < 1.29 is 5.11 Å². The first-order valence-corrected chi connectivity index (χ1v) is 7.07. The molecule has 1 aromatic heterocycles. The molecule has 0 aliphatic heterocycles. The Hall–Kier alpha value is -0.390. The third kappa shape index (κ3) is 2.59. The Morgan fingerprint density at radius 3 is 2.73 bits per heavy atom. The average molecular weight is 242 g/mol. The van der Waals surface area contributed by atoms with Gasteiger partial charge < -0.3 is 10.8 Å². The lowest BCUT2D eigenvalue weighted by Gasteiger charge is -2.38. The Kier molecular flexibility index (Phi) is 3.43. The predicted molar refractivity (Wildman–Crippen MR) is 65.8 cm³/mol. The van der Waals surface area contributed by atoms with Gasteiger partial charge in [0, 0.05) is 4.75 Å². The third-order valence-electron chi connectivity index (χ3n) is 2.62. The van der Waals surface area contributed by atoms with Gasteiger partial charge in [-0.15, -0.1) is 0 Å². The molecule has 1 fully saturated rings. The highest BCUT2D eigenvalue weighted by atomic mass is 33.1. The largest absolute Gasteiger partial charge is 0.397 e. The van der Waals surface area contributed by atoms with E-state index in [1.54, 1.807) is 27.8 Å². The third-order valence-corrected chi connectivity index (χ3v) is 5.83. The number of aromatic nitrogens is 1. The van der Waals surface area contributed by atoms with E-state index in [2.05, 4.69) is 4.98 Å². The van der Waals surface area contributed by atoms with Crippen molar-refractivity contribution in [2.75, 3.05) is 12.3 Å². The second-order valence-corrected chi connectivity index (χ2v) is 6.41. The van der Waals surface area contributed by atoms with Crippen molar-refractivity contribution in [3.8, 4) is 0 Å². The number of nitrogen functional groups attached to an aromatic ring is 1. The molecule has 1 aliphatic rings. The second-order valence-electron chi connectivity index (χ2n) is 3.79. The predicted octanol–water partition coefficient (Wildman–Crippen LogP) is 2.32. The molecular formula is C10H14N2OS2. The smallest absolute Gasteiger partial charge is 0.107 e. The van der Waals surface area contributed by atoms with Gasteiger partial charge >= 0.3 is 0 Å². The van der Waals surface area contributed by atoms with Crippen molar-refractivity contribution in [3.05, 3.63) is 18.3 Å². The molecule has 3 nitrogen and oxygen atoms in total. The average Bonchev–Trinajstić information content (AvgIpc) is 2.20. The van der Waals surface area contributed by atoms with E-state index < -0.39 is 0 Å². The molecule has 15 heavy (non-hydrogen) atoms. The lowest BCUT2D eigenvalue weighted by atomic mass is 9.85. The number of rotatable bonds is 4. The number of hydrogen-bond donors (Lipinski definition) is 2. The summed E-state index contributed by atoms with van der Waals surface area (Å²) in [6.07, 6.45) is 5.10. The van der Waals surface area contributed by atoms with Crippen molar-refractivity contribution in [2.24, 2.45) is 0 Å². The van der Waals surface area contributed by atoms with Crippen LogP contribution >= 0.6 is 21.6 Å². The summed E-state index contributed by atoms with van der Waals surface area (Å²) in [7, 11) is 3.36. The molecule has 1 heterocycles. The number of hydrogen-bond acceptors (Lipinski definition) is 5. The maximum atomic E-state index is 9.28. The van der Waals surface area contributed by atoms with E-state index in [0.29, 0.717) is 5.69 Å². The fourth-order valence-electron chi connectivity index (χ4n) is 1.41. The summed E-state index contributed by atoms with van der Waals surface area (Å²) < 4.78 is 0.0771. The van der Waals surface area contributed by atoms with Gasteiger partial charge in [0.15, 0.2) is 0 Å². The maximum Gasteiger partial charge on any atom is 0.107 e. The topological polar surface area (TPSA) is 59.1 Å². The number of aliphatic hydroxyl groups excluding tert-OH is 1. The molecule has 0 atom stereocenters. The monoisotopic (exact) mass is 242 g/mol. The van der Waals surface area contributed by atoms with Gasteiger partial charge in [-0.3, -0.25) is 0 Å². The zero-order chi connectivity index (χ0) is 10.7. The van der Waals surface area contributed by atoms with E-state index in [4.69, 9.17) is 5.73 Å². The van der Waals surface area contributed by atoms with Gasteiger partial charge in [-0.1, -0.05) is 17.2 Å². The van der Waals surface area contributed by atoms with Gasteiger partial charge in [0.1, 0.15) is 5.03 Å². The zero-order valence-corrected chi connectivity index (χ0v) is 9.98. The minimum absolute atomic E-state index is 0.0771. The minimum Gasteiger partial charge on any atom is -0.397 e. The summed E-state index contributed by atoms with van der Waals surface area (Å²) in [6, 6.07) is 3.76. The van der Waals surface area contributed by atoms with Crippen LogP contribution in [0.5, 0.6) is 0 Å². The number of pyridine rings is 1. The fraction of sp³-hybridized carbons (Fsp3) is 0.500. The molecular weight excluding hydrogens is 228 g/mol. The second kappa shape index (κ2) is 4.63. The summed E-state index contributed by atoms with van der Waals surface area (Å²) in [4.78, 5) is 4.21. The Labute approximate surface area is 97.3 Å². The molecule has 82 valence electrons. The van der Waals surface area contributed by atoms with Crippen LogP contribution in [0, 0.1) is 0 Å². The van der Waals surface area contributed by atoms with Gasteiger partial charge in [0.2, 0.25) is 0 Å². The summed E-state index contributed by atoms with van der Waals surface area (Å²) in [6.45, 7) is 0.264. The molecule has 5 heteroatoms. The zero-order valence-electron chi connectivity index (χ0n) is 8.35. The van der Waals surface area contributed by atoms with Crippen LogP contribution in [0.3, 0.4) is 0 Å². The molecule has 1 aliphatic carbocycles. The van der Waals surface area contributed by atoms with E-state index in [1.165, 1.54) is 6.42 Å². The number of aliphatic hydroxyl groups is 1. The molecule has 0 radical (unpaired) electrons. The van der Waals surface area contributed by atoms with Crippen LogP contribution in [0.15, 0.2) is 23.4 Å². The first kappa shape index (κ1) is 11.1. The van der Waals surface area contributed by atoms with Crippen LogP contribution < -0.4 is 5.73 Å². The minimum atomic E-state index is 0.0771. The quantitative estimate of drug-likeness (QED) is 0.794. The Bertz CT molecular complexity index is 319. The van der Waals surface area contributed by atoms with Crippen LogP contribution in [-0.2, 0) is 0 Å². The standard InChI is InChI=1S/C10H14N2OS2/c11-8-2-3-9(12-6-8)14-15-10(7-13)4-1-5-10/h2-3,6,13H,1,4-5,7,11H2. The van der Waals surface area contributed by atoms with Crippen LogP contribution in [0.1, 0.15) is 19.3 Å². The highest BCUT2D eigenvalue weighted by Gasteiger charge is 2.37. The van der Waals surface area contributed by atoms with E-state index >= 15 is 0 Å². The normalized spacial score (nSPS) is 18.5. The number of anilines is 1. The molecule has 1 saturated carbocycles. The van der Waals surface area contributed by atoms with Gasteiger partial charge in [-0.25, -0.2) is 4.98 Å². The van der Waals surface area contributed by atoms with Gasteiger partial charge in [0.25, 0.3) is 0 Å².